The van der Waals surface area contributed by atoms with E-state index < -0.39 is 10.0 Å². The fourth-order valence-electron chi connectivity index (χ4n) is 4.60. The highest BCUT2D eigenvalue weighted by Gasteiger charge is 2.36. The van der Waals surface area contributed by atoms with Crippen LogP contribution in [0.25, 0.3) is 0 Å². The Balaban J connectivity index is 1.34. The van der Waals surface area contributed by atoms with Crippen LogP contribution >= 0.6 is 0 Å². The third-order valence-electron chi connectivity index (χ3n) is 6.19. The average molecular weight is 423 g/mol. The molecular weight excluding hydrogens is 392 g/mol. The number of amides is 1. The minimum absolute atomic E-state index is 0.0322. The van der Waals surface area contributed by atoms with Crippen LogP contribution in [0.2, 0.25) is 0 Å². The van der Waals surface area contributed by atoms with Crippen molar-refractivity contribution >= 4 is 15.9 Å². The Bertz CT molecular complexity index is 803. The maximum absolute atomic E-state index is 12.7. The number of nitrogens with zero attached hydrogens (tertiary/aromatic N) is 2. The standard InChI is InChI=1S/C21H30N2O5S/c24-21(23-14-15-27-20-7-3-2-6-19(20)23)16-28-17-8-10-18(11-9-17)29(25,26)22-12-4-1-5-13-22/h8-11,19-20H,1-7,12-16H2. The highest BCUT2D eigenvalue weighted by atomic mass is 32.2. The van der Waals surface area contributed by atoms with Crippen molar-refractivity contribution in [3.63, 3.8) is 0 Å². The maximum Gasteiger partial charge on any atom is 0.260 e. The molecule has 1 aliphatic carbocycles. The lowest BCUT2D eigenvalue weighted by Gasteiger charge is -2.43. The van der Waals surface area contributed by atoms with E-state index in [0.29, 0.717) is 32.0 Å². The monoisotopic (exact) mass is 422 g/mol. The van der Waals surface area contributed by atoms with Crippen LogP contribution in [-0.2, 0) is 19.6 Å². The lowest BCUT2D eigenvalue weighted by Crippen LogP contribution is -2.55. The molecule has 0 spiro atoms. The molecule has 2 heterocycles. The van der Waals surface area contributed by atoms with E-state index in [-0.39, 0.29) is 29.6 Å². The number of hydrogen-bond acceptors (Lipinski definition) is 5. The van der Waals surface area contributed by atoms with Crippen molar-refractivity contribution in [2.24, 2.45) is 0 Å². The van der Waals surface area contributed by atoms with Gasteiger partial charge >= 0.3 is 0 Å². The summed E-state index contributed by atoms with van der Waals surface area (Å²) in [7, 11) is -3.45. The number of ether oxygens (including phenoxy) is 2. The summed E-state index contributed by atoms with van der Waals surface area (Å²) in [6.07, 6.45) is 7.34. The predicted octanol–water partition coefficient (Wildman–Crippen LogP) is 2.41. The lowest BCUT2D eigenvalue weighted by molar-refractivity contribution is -0.151. The van der Waals surface area contributed by atoms with Crippen LogP contribution in [0.15, 0.2) is 29.2 Å². The number of piperidine rings is 1. The molecule has 4 rings (SSSR count). The molecule has 29 heavy (non-hydrogen) atoms. The summed E-state index contributed by atoms with van der Waals surface area (Å²) in [6, 6.07) is 6.55. The third-order valence-corrected chi connectivity index (χ3v) is 8.10. The molecule has 160 valence electrons. The summed E-state index contributed by atoms with van der Waals surface area (Å²) >= 11 is 0. The van der Waals surface area contributed by atoms with Crippen LogP contribution in [0.5, 0.6) is 5.75 Å². The second-order valence-electron chi connectivity index (χ2n) is 8.07. The first-order valence-corrected chi connectivity index (χ1v) is 12.1. The molecule has 1 amide bonds. The number of benzene rings is 1. The van der Waals surface area contributed by atoms with E-state index >= 15 is 0 Å². The number of rotatable bonds is 5. The van der Waals surface area contributed by atoms with Crippen molar-refractivity contribution in [1.29, 1.82) is 0 Å². The highest BCUT2D eigenvalue weighted by molar-refractivity contribution is 7.89. The van der Waals surface area contributed by atoms with Crippen molar-refractivity contribution in [2.75, 3.05) is 32.8 Å². The Labute approximate surface area is 173 Å². The molecule has 2 saturated heterocycles. The molecule has 1 saturated carbocycles. The summed E-state index contributed by atoms with van der Waals surface area (Å²) in [4.78, 5) is 14.9. The quantitative estimate of drug-likeness (QED) is 0.728. The summed E-state index contributed by atoms with van der Waals surface area (Å²) in [6.45, 7) is 2.31. The van der Waals surface area contributed by atoms with Gasteiger partial charge in [-0.2, -0.15) is 4.31 Å². The predicted molar refractivity (Wildman–Crippen MR) is 108 cm³/mol. The number of carbonyl (C=O) groups is 1. The van der Waals surface area contributed by atoms with Crippen LogP contribution < -0.4 is 4.74 Å². The zero-order chi connectivity index (χ0) is 20.3. The van der Waals surface area contributed by atoms with Gasteiger partial charge in [-0.15, -0.1) is 0 Å². The maximum atomic E-state index is 12.7. The van der Waals surface area contributed by atoms with Gasteiger partial charge in [-0.1, -0.05) is 19.3 Å². The number of morpholine rings is 1. The molecule has 3 aliphatic rings. The van der Waals surface area contributed by atoms with E-state index in [0.717, 1.165) is 44.9 Å². The van der Waals surface area contributed by atoms with Gasteiger partial charge in [0.2, 0.25) is 10.0 Å². The van der Waals surface area contributed by atoms with Crippen LogP contribution in [0.4, 0.5) is 0 Å². The molecule has 3 fully saturated rings. The molecule has 0 N–H and O–H groups in total. The largest absolute Gasteiger partial charge is 0.484 e. The second-order valence-corrected chi connectivity index (χ2v) is 10.0. The summed E-state index contributed by atoms with van der Waals surface area (Å²) in [5.74, 6) is 0.472. The van der Waals surface area contributed by atoms with Crippen LogP contribution in [0.3, 0.4) is 0 Å². The minimum Gasteiger partial charge on any atom is -0.484 e. The van der Waals surface area contributed by atoms with E-state index in [1.807, 2.05) is 4.90 Å². The molecule has 2 aliphatic heterocycles. The van der Waals surface area contributed by atoms with Gasteiger partial charge in [0.1, 0.15) is 5.75 Å². The van der Waals surface area contributed by atoms with Gasteiger partial charge in [0.25, 0.3) is 5.91 Å². The zero-order valence-electron chi connectivity index (χ0n) is 16.8. The van der Waals surface area contributed by atoms with E-state index in [1.165, 1.54) is 0 Å². The highest BCUT2D eigenvalue weighted by Crippen LogP contribution is 2.29. The van der Waals surface area contributed by atoms with Crippen molar-refractivity contribution < 1.29 is 22.7 Å². The van der Waals surface area contributed by atoms with Crippen LogP contribution in [0.1, 0.15) is 44.9 Å². The van der Waals surface area contributed by atoms with Crippen LogP contribution in [0, 0.1) is 0 Å². The van der Waals surface area contributed by atoms with Gasteiger partial charge in [0.15, 0.2) is 6.61 Å². The van der Waals surface area contributed by atoms with Gasteiger partial charge < -0.3 is 14.4 Å². The Morgan fingerprint density at radius 3 is 2.48 bits per heavy atom. The molecule has 7 nitrogen and oxygen atoms in total. The van der Waals surface area contributed by atoms with Crippen molar-refractivity contribution in [2.45, 2.75) is 62.0 Å². The summed E-state index contributed by atoms with van der Waals surface area (Å²) in [5, 5.41) is 0. The summed E-state index contributed by atoms with van der Waals surface area (Å²) in [5.41, 5.74) is 0. The minimum atomic E-state index is -3.45. The molecule has 8 heteroatoms. The zero-order valence-corrected chi connectivity index (χ0v) is 17.6. The Kier molecular flexibility index (Phi) is 6.41. The first-order chi connectivity index (χ1) is 14.1. The fourth-order valence-corrected chi connectivity index (χ4v) is 6.11. The number of carbonyl (C=O) groups excluding carboxylic acids is 1. The lowest BCUT2D eigenvalue weighted by atomic mass is 9.90. The van der Waals surface area contributed by atoms with Gasteiger partial charge in [-0.25, -0.2) is 8.42 Å². The van der Waals surface area contributed by atoms with E-state index in [1.54, 1.807) is 28.6 Å². The Hall–Kier alpha value is -1.64. The molecule has 1 aromatic carbocycles. The van der Waals surface area contributed by atoms with Crippen molar-refractivity contribution in [1.82, 2.24) is 9.21 Å². The Morgan fingerprint density at radius 1 is 1.00 bits per heavy atom. The molecule has 0 radical (unpaired) electrons. The molecule has 0 aromatic heterocycles. The number of hydrogen-bond donors (Lipinski definition) is 0. The first kappa shape index (κ1) is 20.6. The topological polar surface area (TPSA) is 76.2 Å². The number of sulfonamides is 1. The second kappa shape index (κ2) is 9.02. The molecule has 2 unspecified atom stereocenters. The third kappa shape index (κ3) is 4.59. The normalized spacial score (nSPS) is 26.0. The van der Waals surface area contributed by atoms with Gasteiger partial charge in [0.05, 0.1) is 23.6 Å². The molecule has 2 atom stereocenters. The van der Waals surface area contributed by atoms with Crippen molar-refractivity contribution in [3.05, 3.63) is 24.3 Å². The fraction of sp³-hybridized carbons (Fsp3) is 0.667. The van der Waals surface area contributed by atoms with E-state index in [4.69, 9.17) is 9.47 Å². The first-order valence-electron chi connectivity index (χ1n) is 10.7. The van der Waals surface area contributed by atoms with E-state index in [9.17, 15) is 13.2 Å². The Morgan fingerprint density at radius 2 is 1.72 bits per heavy atom. The molecular formula is C21H30N2O5S. The SMILES string of the molecule is O=C(COc1ccc(S(=O)(=O)N2CCCCC2)cc1)N1CCOC2CCCCC21. The van der Waals surface area contributed by atoms with E-state index in [2.05, 4.69) is 0 Å². The molecule has 0 bridgehead atoms. The summed E-state index contributed by atoms with van der Waals surface area (Å²) < 4.78 is 38.5. The van der Waals surface area contributed by atoms with Gasteiger partial charge in [-0.05, 0) is 49.9 Å². The van der Waals surface area contributed by atoms with Gasteiger partial charge in [-0.3, -0.25) is 4.79 Å². The average Bonchev–Trinajstić information content (AvgIpc) is 2.78. The van der Waals surface area contributed by atoms with Gasteiger partial charge in [0, 0.05) is 19.6 Å². The molecule has 1 aromatic rings. The van der Waals surface area contributed by atoms with Crippen molar-refractivity contribution in [3.8, 4) is 5.75 Å². The van der Waals surface area contributed by atoms with Crippen LogP contribution in [-0.4, -0.2) is 68.5 Å². The number of fused-ring (bicyclic) bond motifs is 1. The smallest absolute Gasteiger partial charge is 0.260 e.